The van der Waals surface area contributed by atoms with Crippen LogP contribution in [-0.2, 0) is 9.59 Å². The summed E-state index contributed by atoms with van der Waals surface area (Å²) < 4.78 is 6.45. The quantitative estimate of drug-likeness (QED) is 0.571. The van der Waals surface area contributed by atoms with Crippen molar-refractivity contribution < 1.29 is 19.1 Å². The molecule has 182 valence electrons. The lowest BCUT2D eigenvalue weighted by molar-refractivity contribution is -0.127. The number of ether oxygens (including phenoxy) is 1. The fraction of sp³-hybridized carbons (Fsp3) is 0.417. The van der Waals surface area contributed by atoms with E-state index in [0.717, 1.165) is 14.7 Å². The average Bonchev–Trinajstić information content (AvgIpc) is 3.17. The van der Waals surface area contributed by atoms with Crippen LogP contribution >= 0.6 is 23.1 Å². The largest absolute Gasteiger partial charge is 0.496 e. The van der Waals surface area contributed by atoms with Crippen molar-refractivity contribution in [3.8, 4) is 5.75 Å². The van der Waals surface area contributed by atoms with Gasteiger partial charge in [0.2, 0.25) is 11.8 Å². The van der Waals surface area contributed by atoms with Gasteiger partial charge in [0, 0.05) is 37.0 Å². The summed E-state index contributed by atoms with van der Waals surface area (Å²) in [4.78, 5) is 46.1. The van der Waals surface area contributed by atoms with E-state index < -0.39 is 0 Å². The summed E-state index contributed by atoms with van der Waals surface area (Å²) >= 11 is 2.88. The van der Waals surface area contributed by atoms with Gasteiger partial charge in [-0.05, 0) is 44.0 Å². The molecule has 1 saturated heterocycles. The van der Waals surface area contributed by atoms with Crippen molar-refractivity contribution in [2.45, 2.75) is 48.8 Å². The van der Waals surface area contributed by atoms with Crippen LogP contribution in [0.1, 0.15) is 42.6 Å². The Labute approximate surface area is 208 Å². The SMILES string of the molecule is C=CC(=O)N1CCCN(C(=O)c2cc(Sc3cnc(NC(=O)CC)s3)c(C)cc2OC)C[C@H]1C. The lowest BCUT2D eigenvalue weighted by Gasteiger charge is -2.28. The number of aryl methyl sites for hydroxylation is 1. The van der Waals surface area contributed by atoms with Crippen molar-refractivity contribution in [3.63, 3.8) is 0 Å². The first-order valence-electron chi connectivity index (χ1n) is 11.1. The highest BCUT2D eigenvalue weighted by Crippen LogP contribution is 2.38. The van der Waals surface area contributed by atoms with Crippen LogP contribution in [0, 0.1) is 6.92 Å². The molecule has 34 heavy (non-hydrogen) atoms. The van der Waals surface area contributed by atoms with Crippen LogP contribution in [0.15, 0.2) is 40.1 Å². The molecule has 2 heterocycles. The Morgan fingerprint density at radius 2 is 2.12 bits per heavy atom. The molecule has 1 N–H and O–H groups in total. The number of hydrogen-bond acceptors (Lipinski definition) is 7. The molecule has 2 aromatic rings. The van der Waals surface area contributed by atoms with Crippen LogP contribution in [0.3, 0.4) is 0 Å². The zero-order chi connectivity index (χ0) is 24.8. The molecule has 0 bridgehead atoms. The van der Waals surface area contributed by atoms with E-state index in [1.807, 2.05) is 26.0 Å². The highest BCUT2D eigenvalue weighted by Gasteiger charge is 2.29. The van der Waals surface area contributed by atoms with Crippen molar-refractivity contribution >= 4 is 46.0 Å². The highest BCUT2D eigenvalue weighted by atomic mass is 32.2. The Hall–Kier alpha value is -2.85. The maximum absolute atomic E-state index is 13.6. The number of amides is 3. The molecule has 1 aromatic heterocycles. The summed E-state index contributed by atoms with van der Waals surface area (Å²) in [6.07, 6.45) is 4.12. The van der Waals surface area contributed by atoms with Gasteiger partial charge in [-0.3, -0.25) is 14.4 Å². The van der Waals surface area contributed by atoms with Gasteiger partial charge < -0.3 is 19.9 Å². The van der Waals surface area contributed by atoms with E-state index >= 15 is 0 Å². The van der Waals surface area contributed by atoms with E-state index in [-0.39, 0.29) is 23.8 Å². The Morgan fingerprint density at radius 1 is 1.35 bits per heavy atom. The number of anilines is 1. The van der Waals surface area contributed by atoms with Crippen LogP contribution in [0.5, 0.6) is 5.75 Å². The standard InChI is InChI=1S/C24H30N4O4S2/c1-6-20(29)26-24-25-13-22(34-24)33-19-12-17(18(32-5)11-15(19)3)23(31)27-9-8-10-28(16(4)14-27)21(30)7-2/h7,11-13,16H,2,6,8-10,14H2,1,3-5H3,(H,25,26,29)/t16-/m1/s1. The number of benzene rings is 1. The van der Waals surface area contributed by atoms with Crippen LogP contribution in [-0.4, -0.2) is 65.3 Å². The minimum Gasteiger partial charge on any atom is -0.496 e. The van der Waals surface area contributed by atoms with E-state index in [2.05, 4.69) is 16.9 Å². The van der Waals surface area contributed by atoms with Crippen molar-refractivity contribution in [2.24, 2.45) is 0 Å². The lowest BCUT2D eigenvalue weighted by atomic mass is 10.1. The van der Waals surface area contributed by atoms with Gasteiger partial charge in [0.25, 0.3) is 5.91 Å². The molecule has 0 spiro atoms. The van der Waals surface area contributed by atoms with Gasteiger partial charge in [-0.2, -0.15) is 0 Å². The van der Waals surface area contributed by atoms with Crippen molar-refractivity contribution in [2.75, 3.05) is 32.1 Å². The van der Waals surface area contributed by atoms with Gasteiger partial charge in [0.1, 0.15) is 5.75 Å². The van der Waals surface area contributed by atoms with E-state index in [1.54, 1.807) is 30.0 Å². The minimum absolute atomic E-state index is 0.0838. The molecule has 1 atom stereocenters. The van der Waals surface area contributed by atoms with Gasteiger partial charge in [0.05, 0.1) is 23.1 Å². The zero-order valence-corrected chi connectivity index (χ0v) is 21.6. The number of methoxy groups -OCH3 is 1. The van der Waals surface area contributed by atoms with Crippen LogP contribution in [0.2, 0.25) is 0 Å². The number of rotatable bonds is 7. The summed E-state index contributed by atoms with van der Waals surface area (Å²) in [5, 5.41) is 3.32. The van der Waals surface area contributed by atoms with Crippen molar-refractivity contribution in [1.82, 2.24) is 14.8 Å². The molecule has 1 aliphatic heterocycles. The molecule has 0 aliphatic carbocycles. The first-order valence-corrected chi connectivity index (χ1v) is 12.7. The summed E-state index contributed by atoms with van der Waals surface area (Å²) in [6, 6.07) is 3.61. The molecule has 0 radical (unpaired) electrons. The maximum Gasteiger partial charge on any atom is 0.257 e. The molecule has 10 heteroatoms. The summed E-state index contributed by atoms with van der Waals surface area (Å²) in [7, 11) is 1.56. The molecule has 1 aliphatic rings. The van der Waals surface area contributed by atoms with Gasteiger partial charge >= 0.3 is 0 Å². The van der Waals surface area contributed by atoms with E-state index in [4.69, 9.17) is 4.74 Å². The molecule has 1 fully saturated rings. The lowest BCUT2D eigenvalue weighted by Crippen LogP contribution is -2.43. The summed E-state index contributed by atoms with van der Waals surface area (Å²) in [6.45, 7) is 10.9. The second kappa shape index (κ2) is 11.5. The normalized spacial score (nSPS) is 16.1. The predicted molar refractivity (Wildman–Crippen MR) is 135 cm³/mol. The third kappa shape index (κ3) is 5.98. The number of aromatic nitrogens is 1. The first kappa shape index (κ1) is 25.8. The van der Waals surface area contributed by atoms with Crippen molar-refractivity contribution in [3.05, 3.63) is 42.1 Å². The molecule has 8 nitrogen and oxygen atoms in total. The summed E-state index contributed by atoms with van der Waals surface area (Å²) in [5.41, 5.74) is 1.45. The summed E-state index contributed by atoms with van der Waals surface area (Å²) in [5.74, 6) is 0.188. The Balaban J connectivity index is 1.83. The first-order chi connectivity index (χ1) is 16.3. The number of carbonyl (C=O) groups is 3. The van der Waals surface area contributed by atoms with Crippen LogP contribution in [0.4, 0.5) is 5.13 Å². The third-order valence-electron chi connectivity index (χ3n) is 5.58. The third-order valence-corrected chi connectivity index (χ3v) is 7.75. The number of thiazole rings is 1. The van der Waals surface area contributed by atoms with Crippen LogP contribution < -0.4 is 10.1 Å². The Kier molecular flexibility index (Phi) is 8.73. The van der Waals surface area contributed by atoms with Gasteiger partial charge in [0.15, 0.2) is 5.13 Å². The monoisotopic (exact) mass is 502 g/mol. The zero-order valence-electron chi connectivity index (χ0n) is 19.9. The number of carbonyl (C=O) groups excluding carboxylic acids is 3. The molecule has 3 amide bonds. The van der Waals surface area contributed by atoms with Crippen LogP contribution in [0.25, 0.3) is 0 Å². The van der Waals surface area contributed by atoms with E-state index in [9.17, 15) is 14.4 Å². The van der Waals surface area contributed by atoms with E-state index in [1.165, 1.54) is 29.2 Å². The van der Waals surface area contributed by atoms with E-state index in [0.29, 0.717) is 48.9 Å². The fourth-order valence-corrected chi connectivity index (χ4v) is 5.71. The molecule has 0 unspecified atom stereocenters. The minimum atomic E-state index is -0.126. The molecule has 1 aromatic carbocycles. The average molecular weight is 503 g/mol. The topological polar surface area (TPSA) is 91.8 Å². The predicted octanol–water partition coefficient (Wildman–Crippen LogP) is 4.21. The Morgan fingerprint density at radius 3 is 2.79 bits per heavy atom. The molecule has 0 saturated carbocycles. The van der Waals surface area contributed by atoms with Crippen molar-refractivity contribution in [1.29, 1.82) is 0 Å². The number of hydrogen-bond donors (Lipinski definition) is 1. The number of nitrogens with zero attached hydrogens (tertiary/aromatic N) is 3. The van der Waals surface area contributed by atoms with Gasteiger partial charge in [-0.25, -0.2) is 4.98 Å². The smallest absolute Gasteiger partial charge is 0.257 e. The second-order valence-electron chi connectivity index (χ2n) is 8.00. The van der Waals surface area contributed by atoms with Gasteiger partial charge in [-0.1, -0.05) is 36.6 Å². The molecule has 3 rings (SSSR count). The fourth-order valence-electron chi connectivity index (χ4n) is 3.75. The molecular weight excluding hydrogens is 472 g/mol. The Bertz CT molecular complexity index is 1080. The second-order valence-corrected chi connectivity index (χ2v) is 10.4. The number of nitrogens with one attached hydrogen (secondary N) is 1. The highest BCUT2D eigenvalue weighted by molar-refractivity contribution is 8.01. The van der Waals surface area contributed by atoms with Gasteiger partial charge in [-0.15, -0.1) is 0 Å². The maximum atomic E-state index is 13.6. The molecular formula is C24H30N4O4S2.